The third-order valence-electron chi connectivity index (χ3n) is 3.66. The number of ether oxygens (including phenoxy) is 2. The zero-order chi connectivity index (χ0) is 16.7. The fraction of sp³-hybridized carbons (Fsp3) is 0.316. The second-order valence-corrected chi connectivity index (χ2v) is 5.74. The summed E-state index contributed by atoms with van der Waals surface area (Å²) < 4.78 is 10.7. The number of hydrogen-bond acceptors (Lipinski definition) is 3. The van der Waals surface area contributed by atoms with Crippen LogP contribution in [0, 0.1) is 0 Å². The molecule has 0 aliphatic rings. The van der Waals surface area contributed by atoms with Crippen LogP contribution in [0.5, 0.6) is 5.75 Å². The van der Waals surface area contributed by atoms with Crippen molar-refractivity contribution in [2.24, 2.45) is 0 Å². The molecule has 1 N–H and O–H groups in total. The molecular formula is C19H24NO3+. The Morgan fingerprint density at radius 3 is 2.17 bits per heavy atom. The highest BCUT2D eigenvalue weighted by molar-refractivity contribution is 5.82. The van der Waals surface area contributed by atoms with Crippen LogP contribution in [0.2, 0.25) is 0 Å². The van der Waals surface area contributed by atoms with Crippen LogP contribution in [0.25, 0.3) is 0 Å². The number of carbonyl (C=O) groups excluding carboxylic acids is 1. The van der Waals surface area contributed by atoms with Gasteiger partial charge in [-0.2, -0.15) is 0 Å². The summed E-state index contributed by atoms with van der Waals surface area (Å²) in [6, 6.07) is 17.3. The van der Waals surface area contributed by atoms with E-state index in [0.717, 1.165) is 23.4 Å². The van der Waals surface area contributed by atoms with Crippen molar-refractivity contribution in [2.45, 2.75) is 5.92 Å². The van der Waals surface area contributed by atoms with E-state index in [1.54, 1.807) is 7.11 Å². The Kier molecular flexibility index (Phi) is 6.18. The minimum Gasteiger partial charge on any atom is -0.497 e. The Labute approximate surface area is 137 Å². The minimum absolute atomic E-state index is 0.220. The normalized spacial score (nSPS) is 12.0. The van der Waals surface area contributed by atoms with Gasteiger partial charge in [0.2, 0.25) is 0 Å². The van der Waals surface area contributed by atoms with Crippen molar-refractivity contribution < 1.29 is 19.2 Å². The molecular weight excluding hydrogens is 290 g/mol. The van der Waals surface area contributed by atoms with Gasteiger partial charge in [-0.15, -0.1) is 0 Å². The SMILES string of the molecule is COc1ccc([C@@H](C(=O)OCC[NH+](C)C)c2ccccc2)cc1. The maximum absolute atomic E-state index is 12.6. The van der Waals surface area contributed by atoms with Gasteiger partial charge in [0.15, 0.2) is 0 Å². The molecule has 122 valence electrons. The molecule has 0 saturated heterocycles. The number of methoxy groups -OCH3 is 1. The van der Waals surface area contributed by atoms with E-state index >= 15 is 0 Å². The highest BCUT2D eigenvalue weighted by Crippen LogP contribution is 2.27. The van der Waals surface area contributed by atoms with Crippen LogP contribution in [0.4, 0.5) is 0 Å². The van der Waals surface area contributed by atoms with E-state index in [1.165, 1.54) is 4.90 Å². The monoisotopic (exact) mass is 314 g/mol. The summed E-state index contributed by atoms with van der Waals surface area (Å²) in [4.78, 5) is 13.9. The zero-order valence-electron chi connectivity index (χ0n) is 13.9. The number of hydrogen-bond donors (Lipinski definition) is 1. The Bertz CT molecular complexity index is 608. The van der Waals surface area contributed by atoms with Gasteiger partial charge in [-0.1, -0.05) is 42.5 Å². The van der Waals surface area contributed by atoms with Crippen molar-refractivity contribution in [3.8, 4) is 5.75 Å². The summed E-state index contributed by atoms with van der Waals surface area (Å²) in [5.41, 5.74) is 1.83. The van der Waals surface area contributed by atoms with E-state index < -0.39 is 5.92 Å². The number of quaternary nitrogens is 1. The number of benzene rings is 2. The molecule has 2 aromatic rings. The molecule has 0 spiro atoms. The van der Waals surface area contributed by atoms with Gasteiger partial charge in [0, 0.05) is 0 Å². The van der Waals surface area contributed by atoms with Gasteiger partial charge in [-0.05, 0) is 23.3 Å². The molecule has 4 nitrogen and oxygen atoms in total. The lowest BCUT2D eigenvalue weighted by Gasteiger charge is -2.18. The van der Waals surface area contributed by atoms with Crippen molar-refractivity contribution in [3.05, 3.63) is 65.7 Å². The number of esters is 1. The predicted octanol–water partition coefficient (Wildman–Crippen LogP) is 1.51. The molecule has 4 heteroatoms. The molecule has 0 heterocycles. The minimum atomic E-state index is -0.417. The van der Waals surface area contributed by atoms with Crippen molar-refractivity contribution in [3.63, 3.8) is 0 Å². The smallest absolute Gasteiger partial charge is 0.318 e. The van der Waals surface area contributed by atoms with Crippen LogP contribution >= 0.6 is 0 Å². The lowest BCUT2D eigenvalue weighted by Crippen LogP contribution is -3.06. The lowest BCUT2D eigenvalue weighted by molar-refractivity contribution is -0.858. The second-order valence-electron chi connectivity index (χ2n) is 5.74. The van der Waals surface area contributed by atoms with Crippen molar-refractivity contribution in [1.82, 2.24) is 0 Å². The Balaban J connectivity index is 2.22. The maximum Gasteiger partial charge on any atom is 0.318 e. The topological polar surface area (TPSA) is 40.0 Å². The number of rotatable bonds is 7. The van der Waals surface area contributed by atoms with Crippen LogP contribution in [-0.4, -0.2) is 40.3 Å². The highest BCUT2D eigenvalue weighted by atomic mass is 16.5. The van der Waals surface area contributed by atoms with Crippen molar-refractivity contribution in [1.29, 1.82) is 0 Å². The van der Waals surface area contributed by atoms with Crippen LogP contribution in [0.15, 0.2) is 54.6 Å². The first-order chi connectivity index (χ1) is 11.1. The van der Waals surface area contributed by atoms with Gasteiger partial charge in [-0.3, -0.25) is 4.79 Å². The van der Waals surface area contributed by atoms with Crippen LogP contribution in [0.3, 0.4) is 0 Å². The second kappa shape index (κ2) is 8.34. The first-order valence-corrected chi connectivity index (χ1v) is 7.76. The Morgan fingerprint density at radius 2 is 1.61 bits per heavy atom. The average Bonchev–Trinajstić information content (AvgIpc) is 2.56. The summed E-state index contributed by atoms with van der Waals surface area (Å²) in [5.74, 6) is 0.132. The molecule has 0 saturated carbocycles. The van der Waals surface area contributed by atoms with E-state index in [2.05, 4.69) is 0 Å². The Hall–Kier alpha value is -2.33. The first kappa shape index (κ1) is 17.0. The fourth-order valence-corrected chi connectivity index (χ4v) is 2.35. The molecule has 0 aliphatic heterocycles. The van der Waals surface area contributed by atoms with Crippen LogP contribution in [0.1, 0.15) is 17.0 Å². The van der Waals surface area contributed by atoms with Crippen molar-refractivity contribution >= 4 is 5.97 Å². The fourth-order valence-electron chi connectivity index (χ4n) is 2.35. The molecule has 23 heavy (non-hydrogen) atoms. The summed E-state index contributed by atoms with van der Waals surface area (Å²) in [6.07, 6.45) is 0. The van der Waals surface area contributed by atoms with Crippen LogP contribution in [-0.2, 0) is 9.53 Å². The molecule has 0 amide bonds. The molecule has 1 atom stereocenters. The molecule has 0 fully saturated rings. The van der Waals surface area contributed by atoms with Gasteiger partial charge in [-0.25, -0.2) is 0 Å². The third-order valence-corrected chi connectivity index (χ3v) is 3.66. The molecule has 0 aromatic heterocycles. The van der Waals surface area contributed by atoms with Gasteiger partial charge < -0.3 is 14.4 Å². The zero-order valence-corrected chi connectivity index (χ0v) is 13.9. The number of carbonyl (C=O) groups is 1. The van der Waals surface area contributed by atoms with E-state index in [0.29, 0.717) is 6.61 Å². The maximum atomic E-state index is 12.6. The molecule has 0 aliphatic carbocycles. The third kappa shape index (κ3) is 4.83. The Morgan fingerprint density at radius 1 is 1.00 bits per heavy atom. The quantitative estimate of drug-likeness (QED) is 0.788. The van der Waals surface area contributed by atoms with Gasteiger partial charge in [0.25, 0.3) is 0 Å². The predicted molar refractivity (Wildman–Crippen MR) is 89.9 cm³/mol. The van der Waals surface area contributed by atoms with E-state index in [9.17, 15) is 4.79 Å². The van der Waals surface area contributed by atoms with E-state index in [1.807, 2.05) is 68.7 Å². The summed E-state index contributed by atoms with van der Waals surface area (Å²) in [6.45, 7) is 1.20. The van der Waals surface area contributed by atoms with Gasteiger partial charge in [0.1, 0.15) is 24.8 Å². The van der Waals surface area contributed by atoms with Crippen LogP contribution < -0.4 is 9.64 Å². The van der Waals surface area contributed by atoms with E-state index in [4.69, 9.17) is 9.47 Å². The summed E-state index contributed by atoms with van der Waals surface area (Å²) >= 11 is 0. The van der Waals surface area contributed by atoms with Gasteiger partial charge in [0.05, 0.1) is 21.2 Å². The lowest BCUT2D eigenvalue weighted by atomic mass is 9.91. The average molecular weight is 314 g/mol. The molecule has 0 bridgehead atoms. The van der Waals surface area contributed by atoms with Gasteiger partial charge >= 0.3 is 5.97 Å². The largest absolute Gasteiger partial charge is 0.497 e. The number of likely N-dealkylation sites (N-methyl/N-ethyl adjacent to an activating group) is 1. The van der Waals surface area contributed by atoms with E-state index in [-0.39, 0.29) is 5.97 Å². The molecule has 0 unspecified atom stereocenters. The summed E-state index contributed by atoms with van der Waals surface area (Å²) in [7, 11) is 5.69. The molecule has 2 rings (SSSR count). The number of nitrogens with one attached hydrogen (secondary N) is 1. The summed E-state index contributed by atoms with van der Waals surface area (Å²) in [5, 5.41) is 0. The first-order valence-electron chi connectivity index (χ1n) is 7.76. The van der Waals surface area contributed by atoms with Crippen molar-refractivity contribution in [2.75, 3.05) is 34.4 Å². The standard InChI is InChI=1S/C19H23NO3/c1-20(2)13-14-23-19(21)18(15-7-5-4-6-8-15)16-9-11-17(22-3)12-10-16/h4-12,18H,13-14H2,1-3H3/p+1/t18-/m0/s1. The molecule has 0 radical (unpaired) electrons. The highest BCUT2D eigenvalue weighted by Gasteiger charge is 2.24. The molecule has 2 aromatic carbocycles.